The monoisotopic (exact) mass is 124 g/mol. The van der Waals surface area contributed by atoms with E-state index >= 15 is 0 Å². The molecule has 0 nitrogen and oxygen atoms in total. The zero-order valence-corrected chi connectivity index (χ0v) is 6.70. The third kappa shape index (κ3) is 1.17. The summed E-state index contributed by atoms with van der Waals surface area (Å²) in [5, 5.41) is 0. The van der Waals surface area contributed by atoms with Crippen molar-refractivity contribution >= 4 is 0 Å². The van der Waals surface area contributed by atoms with Gasteiger partial charge in [-0.2, -0.15) is 0 Å². The highest BCUT2D eigenvalue weighted by atomic mass is 14.2. The highest BCUT2D eigenvalue weighted by Gasteiger charge is 2.16. The predicted octanol–water partition coefficient (Wildman–Crippen LogP) is 3.14. The van der Waals surface area contributed by atoms with Gasteiger partial charge in [0.05, 0.1) is 0 Å². The van der Waals surface area contributed by atoms with Crippen LogP contribution in [0.4, 0.5) is 0 Å². The molecule has 0 aromatic heterocycles. The highest BCUT2D eigenvalue weighted by Crippen LogP contribution is 2.34. The Kier molecular flexibility index (Phi) is 1.94. The third-order valence-electron chi connectivity index (χ3n) is 2.52. The second kappa shape index (κ2) is 2.55. The van der Waals surface area contributed by atoms with E-state index in [0.717, 1.165) is 5.92 Å². The van der Waals surface area contributed by atoms with Crippen LogP contribution in [0.3, 0.4) is 0 Å². The maximum atomic E-state index is 2.33. The molecule has 1 aliphatic carbocycles. The lowest BCUT2D eigenvalue weighted by Gasteiger charge is -2.25. The first kappa shape index (κ1) is 6.85. The molecule has 1 aliphatic rings. The lowest BCUT2D eigenvalue weighted by atomic mass is 9.81. The molecule has 0 N–H and O–H groups in total. The van der Waals surface area contributed by atoms with E-state index in [4.69, 9.17) is 0 Å². The zero-order chi connectivity index (χ0) is 6.85. The summed E-state index contributed by atoms with van der Waals surface area (Å²) < 4.78 is 0. The van der Waals surface area contributed by atoms with Crippen molar-refractivity contribution in [2.45, 2.75) is 40.0 Å². The van der Waals surface area contributed by atoms with Gasteiger partial charge in [-0.15, -0.1) is 0 Å². The predicted molar refractivity (Wildman–Crippen MR) is 41.4 cm³/mol. The van der Waals surface area contributed by atoms with Crippen LogP contribution in [0.2, 0.25) is 0 Å². The second-order valence-corrected chi connectivity index (χ2v) is 3.11. The Morgan fingerprint density at radius 1 is 1.44 bits per heavy atom. The molecule has 0 saturated carbocycles. The van der Waals surface area contributed by atoms with Gasteiger partial charge in [0, 0.05) is 0 Å². The first-order valence-corrected chi connectivity index (χ1v) is 3.94. The van der Waals surface area contributed by atoms with Gasteiger partial charge in [-0.25, -0.2) is 0 Å². The van der Waals surface area contributed by atoms with Gasteiger partial charge in [-0.05, 0) is 32.1 Å². The van der Waals surface area contributed by atoms with Crippen LogP contribution in [0.5, 0.6) is 0 Å². The molecule has 0 saturated heterocycles. The Labute approximate surface area is 58.0 Å². The van der Waals surface area contributed by atoms with Crippen LogP contribution < -0.4 is 0 Å². The van der Waals surface area contributed by atoms with Crippen molar-refractivity contribution in [2.75, 3.05) is 0 Å². The molecule has 1 atom stereocenters. The average Bonchev–Trinajstić information content (AvgIpc) is 1.84. The van der Waals surface area contributed by atoms with Crippen LogP contribution in [-0.4, -0.2) is 0 Å². The summed E-state index contributed by atoms with van der Waals surface area (Å²) in [4.78, 5) is 0. The third-order valence-corrected chi connectivity index (χ3v) is 2.52. The summed E-state index contributed by atoms with van der Waals surface area (Å²) in [5.41, 5.74) is 3.39. The van der Waals surface area contributed by atoms with Crippen molar-refractivity contribution in [1.82, 2.24) is 0 Å². The van der Waals surface area contributed by atoms with Crippen molar-refractivity contribution in [3.63, 3.8) is 0 Å². The van der Waals surface area contributed by atoms with Crippen molar-refractivity contribution < 1.29 is 0 Å². The van der Waals surface area contributed by atoms with Crippen LogP contribution >= 0.6 is 0 Å². The molecule has 9 heavy (non-hydrogen) atoms. The zero-order valence-electron chi connectivity index (χ0n) is 6.70. The van der Waals surface area contributed by atoms with Crippen LogP contribution in [0.15, 0.2) is 11.1 Å². The molecule has 1 rings (SSSR count). The number of allylic oxidation sites excluding steroid dienone is 2. The summed E-state index contributed by atoms with van der Waals surface area (Å²) in [6.07, 6.45) is 4.05. The van der Waals surface area contributed by atoms with E-state index in [0.29, 0.717) is 0 Å². The molecule has 52 valence electrons. The molecule has 0 bridgehead atoms. The first-order chi connectivity index (χ1) is 4.25. The highest BCUT2D eigenvalue weighted by molar-refractivity contribution is 5.24. The van der Waals surface area contributed by atoms with Gasteiger partial charge in [0.25, 0.3) is 0 Å². The van der Waals surface area contributed by atoms with Gasteiger partial charge in [0.2, 0.25) is 0 Å². The SMILES string of the molecule is CCC(C)C1=C(C)CC1. The van der Waals surface area contributed by atoms with Crippen LogP contribution in [-0.2, 0) is 0 Å². The molecule has 0 aliphatic heterocycles. The summed E-state index contributed by atoms with van der Waals surface area (Å²) >= 11 is 0. The van der Waals surface area contributed by atoms with Gasteiger partial charge in [-0.1, -0.05) is 25.0 Å². The average molecular weight is 124 g/mol. The van der Waals surface area contributed by atoms with Crippen molar-refractivity contribution in [3.05, 3.63) is 11.1 Å². The van der Waals surface area contributed by atoms with Crippen molar-refractivity contribution in [1.29, 1.82) is 0 Å². The maximum absolute atomic E-state index is 2.33. The Bertz CT molecular complexity index is 131. The van der Waals surface area contributed by atoms with Crippen LogP contribution in [0.25, 0.3) is 0 Å². The lowest BCUT2D eigenvalue weighted by molar-refractivity contribution is 0.572. The summed E-state index contributed by atoms with van der Waals surface area (Å²) in [6.45, 7) is 6.87. The normalized spacial score (nSPS) is 21.7. The van der Waals surface area contributed by atoms with E-state index < -0.39 is 0 Å². The van der Waals surface area contributed by atoms with Crippen molar-refractivity contribution in [3.8, 4) is 0 Å². The molecular formula is C9H16. The maximum Gasteiger partial charge on any atom is -0.0232 e. The molecule has 0 fully saturated rings. The summed E-state index contributed by atoms with van der Waals surface area (Å²) in [5.74, 6) is 0.860. The minimum Gasteiger partial charge on any atom is -0.0735 e. The minimum absolute atomic E-state index is 0.860. The minimum atomic E-state index is 0.860. The van der Waals surface area contributed by atoms with E-state index in [2.05, 4.69) is 20.8 Å². The summed E-state index contributed by atoms with van der Waals surface area (Å²) in [6, 6.07) is 0. The molecule has 0 spiro atoms. The second-order valence-electron chi connectivity index (χ2n) is 3.11. The van der Waals surface area contributed by atoms with Crippen LogP contribution in [0, 0.1) is 5.92 Å². The molecule has 1 unspecified atom stereocenters. The molecule has 0 aromatic carbocycles. The van der Waals surface area contributed by atoms with E-state index in [-0.39, 0.29) is 0 Å². The molecule has 0 heteroatoms. The Hall–Kier alpha value is -0.260. The van der Waals surface area contributed by atoms with Gasteiger partial charge < -0.3 is 0 Å². The van der Waals surface area contributed by atoms with Crippen LogP contribution in [0.1, 0.15) is 40.0 Å². The fourth-order valence-corrected chi connectivity index (χ4v) is 1.43. The van der Waals surface area contributed by atoms with Crippen molar-refractivity contribution in [2.24, 2.45) is 5.92 Å². The molecule has 0 radical (unpaired) electrons. The van der Waals surface area contributed by atoms with E-state index in [1.165, 1.54) is 19.3 Å². The Morgan fingerprint density at radius 2 is 2.11 bits per heavy atom. The number of hydrogen-bond donors (Lipinski definition) is 0. The first-order valence-electron chi connectivity index (χ1n) is 3.94. The van der Waals surface area contributed by atoms with Gasteiger partial charge >= 0.3 is 0 Å². The number of hydrogen-bond acceptors (Lipinski definition) is 0. The molecule has 0 heterocycles. The quantitative estimate of drug-likeness (QED) is 0.496. The Morgan fingerprint density at radius 3 is 2.22 bits per heavy atom. The Balaban J connectivity index is 2.52. The smallest absolute Gasteiger partial charge is 0.0232 e. The molecule has 0 amide bonds. The lowest BCUT2D eigenvalue weighted by Crippen LogP contribution is -2.08. The van der Waals surface area contributed by atoms with E-state index in [9.17, 15) is 0 Å². The fraction of sp³-hybridized carbons (Fsp3) is 0.778. The van der Waals surface area contributed by atoms with Gasteiger partial charge in [0.15, 0.2) is 0 Å². The topological polar surface area (TPSA) is 0 Å². The number of rotatable bonds is 2. The molecule has 0 aromatic rings. The summed E-state index contributed by atoms with van der Waals surface area (Å²) in [7, 11) is 0. The van der Waals surface area contributed by atoms with Gasteiger partial charge in [0.1, 0.15) is 0 Å². The van der Waals surface area contributed by atoms with Gasteiger partial charge in [-0.3, -0.25) is 0 Å². The van der Waals surface area contributed by atoms with E-state index in [1.54, 1.807) is 11.1 Å². The standard InChI is InChI=1S/C9H16/c1-4-7(2)9-6-5-8(9)3/h7H,4-6H2,1-3H3. The largest absolute Gasteiger partial charge is 0.0735 e. The molecular weight excluding hydrogens is 108 g/mol. The fourth-order valence-electron chi connectivity index (χ4n) is 1.43. The van der Waals surface area contributed by atoms with E-state index in [1.807, 2.05) is 0 Å².